The Morgan fingerprint density at radius 1 is 1.19 bits per heavy atom. The lowest BCUT2D eigenvalue weighted by Crippen LogP contribution is -2.44. The van der Waals surface area contributed by atoms with Crippen LogP contribution in [0.5, 0.6) is 5.88 Å². The van der Waals surface area contributed by atoms with E-state index in [9.17, 15) is 13.2 Å². The Hall–Kier alpha value is -2.24. The summed E-state index contributed by atoms with van der Waals surface area (Å²) in [7, 11) is 1.70. The number of hydrogen-bond donors (Lipinski definition) is 1. The highest BCUT2D eigenvalue weighted by molar-refractivity contribution is 7.09. The van der Waals surface area contributed by atoms with Gasteiger partial charge in [-0.25, -0.2) is 14.8 Å². The number of pyridine rings is 1. The van der Waals surface area contributed by atoms with E-state index in [0.717, 1.165) is 19.0 Å². The average molecular weight is 473 g/mol. The minimum atomic E-state index is -5.08. The van der Waals surface area contributed by atoms with Gasteiger partial charge in [0.05, 0.1) is 13.7 Å². The van der Waals surface area contributed by atoms with Crippen LogP contribution in [0.15, 0.2) is 29.9 Å². The SMILES string of the molecule is COc1ncccc1CN1CCC2(CCCN(Cc3nccs3)C2)C1.O=C(O)C(F)(F)F. The molecule has 1 unspecified atom stereocenters. The summed E-state index contributed by atoms with van der Waals surface area (Å²) in [5.74, 6) is -2.00. The van der Waals surface area contributed by atoms with Gasteiger partial charge in [-0.05, 0) is 43.8 Å². The molecule has 0 aliphatic carbocycles. The maximum absolute atomic E-state index is 10.6. The summed E-state index contributed by atoms with van der Waals surface area (Å²) in [5, 5.41) is 10.4. The molecule has 2 aromatic rings. The molecule has 32 heavy (non-hydrogen) atoms. The van der Waals surface area contributed by atoms with Gasteiger partial charge in [-0.3, -0.25) is 9.80 Å². The Morgan fingerprint density at radius 3 is 2.53 bits per heavy atom. The van der Waals surface area contributed by atoms with Crippen molar-refractivity contribution in [3.05, 3.63) is 40.5 Å². The van der Waals surface area contributed by atoms with Crippen LogP contribution in [-0.2, 0) is 17.9 Å². The Balaban J connectivity index is 0.000000360. The first-order valence-electron chi connectivity index (χ1n) is 10.3. The molecular formula is C21H27F3N4O3S. The third-order valence-corrected chi connectivity index (χ3v) is 6.54. The first-order chi connectivity index (χ1) is 15.2. The molecule has 0 radical (unpaired) electrons. The molecule has 4 rings (SSSR count). The van der Waals surface area contributed by atoms with Crippen LogP contribution in [0.2, 0.25) is 0 Å². The third kappa shape index (κ3) is 6.63. The van der Waals surface area contributed by atoms with Crippen molar-refractivity contribution in [1.29, 1.82) is 0 Å². The van der Waals surface area contributed by atoms with Crippen molar-refractivity contribution in [2.75, 3.05) is 33.3 Å². The minimum absolute atomic E-state index is 0.449. The predicted molar refractivity (Wildman–Crippen MR) is 113 cm³/mol. The van der Waals surface area contributed by atoms with E-state index in [1.54, 1.807) is 24.6 Å². The van der Waals surface area contributed by atoms with Crippen LogP contribution < -0.4 is 4.74 Å². The number of aliphatic carboxylic acids is 1. The second-order valence-electron chi connectivity index (χ2n) is 8.18. The lowest BCUT2D eigenvalue weighted by Gasteiger charge is -2.40. The van der Waals surface area contributed by atoms with Crippen molar-refractivity contribution in [2.45, 2.75) is 38.5 Å². The van der Waals surface area contributed by atoms with Crippen molar-refractivity contribution >= 4 is 17.3 Å². The highest BCUT2D eigenvalue weighted by Crippen LogP contribution is 2.40. The number of thiazole rings is 1. The van der Waals surface area contributed by atoms with Gasteiger partial charge in [-0.15, -0.1) is 11.3 Å². The Bertz CT molecular complexity index is 881. The molecule has 1 N–H and O–H groups in total. The quantitative estimate of drug-likeness (QED) is 0.711. The number of ether oxygens (including phenoxy) is 1. The summed E-state index contributed by atoms with van der Waals surface area (Å²) in [6.45, 7) is 6.70. The number of nitrogens with zero attached hydrogens (tertiary/aromatic N) is 4. The van der Waals surface area contributed by atoms with E-state index in [1.807, 2.05) is 12.3 Å². The van der Waals surface area contributed by atoms with Crippen LogP contribution in [0.3, 0.4) is 0 Å². The van der Waals surface area contributed by atoms with E-state index >= 15 is 0 Å². The number of alkyl halides is 3. The molecule has 2 saturated heterocycles. The van der Waals surface area contributed by atoms with Crippen LogP contribution in [0.4, 0.5) is 13.2 Å². The van der Waals surface area contributed by atoms with Crippen LogP contribution in [0.1, 0.15) is 29.8 Å². The van der Waals surface area contributed by atoms with E-state index in [-0.39, 0.29) is 0 Å². The number of aromatic nitrogens is 2. The molecule has 2 fully saturated rings. The highest BCUT2D eigenvalue weighted by atomic mass is 32.1. The summed E-state index contributed by atoms with van der Waals surface area (Å²) >= 11 is 1.77. The molecule has 1 spiro atoms. The van der Waals surface area contributed by atoms with Gasteiger partial charge in [0.25, 0.3) is 0 Å². The lowest BCUT2D eigenvalue weighted by atomic mass is 9.79. The molecule has 0 saturated carbocycles. The second-order valence-corrected chi connectivity index (χ2v) is 9.15. The largest absolute Gasteiger partial charge is 0.490 e. The lowest BCUT2D eigenvalue weighted by molar-refractivity contribution is -0.192. The van der Waals surface area contributed by atoms with Crippen molar-refractivity contribution in [1.82, 2.24) is 19.8 Å². The molecular weight excluding hydrogens is 445 g/mol. The number of halogens is 3. The fraction of sp³-hybridized carbons (Fsp3) is 0.571. The maximum Gasteiger partial charge on any atom is 0.490 e. The van der Waals surface area contributed by atoms with E-state index in [2.05, 4.69) is 31.2 Å². The van der Waals surface area contributed by atoms with Gasteiger partial charge in [0.1, 0.15) is 5.01 Å². The van der Waals surface area contributed by atoms with Gasteiger partial charge < -0.3 is 9.84 Å². The molecule has 176 valence electrons. The van der Waals surface area contributed by atoms with Gasteiger partial charge in [0.15, 0.2) is 0 Å². The van der Waals surface area contributed by atoms with E-state index in [0.29, 0.717) is 5.41 Å². The van der Waals surface area contributed by atoms with Gasteiger partial charge in [-0.1, -0.05) is 6.07 Å². The molecule has 11 heteroatoms. The number of methoxy groups -OCH3 is 1. The first-order valence-corrected chi connectivity index (χ1v) is 11.2. The summed E-state index contributed by atoms with van der Waals surface area (Å²) in [4.78, 5) is 22.9. The molecule has 2 aliphatic heterocycles. The zero-order valence-electron chi connectivity index (χ0n) is 17.8. The van der Waals surface area contributed by atoms with Crippen molar-refractivity contribution < 1.29 is 27.8 Å². The van der Waals surface area contributed by atoms with Crippen LogP contribution in [0.25, 0.3) is 0 Å². The third-order valence-electron chi connectivity index (χ3n) is 5.78. The number of piperidine rings is 1. The molecule has 2 aromatic heterocycles. The molecule has 2 aliphatic rings. The smallest absolute Gasteiger partial charge is 0.481 e. The Kier molecular flexibility index (Phi) is 8.07. The monoisotopic (exact) mass is 472 g/mol. The zero-order valence-corrected chi connectivity index (χ0v) is 18.7. The fourth-order valence-electron chi connectivity index (χ4n) is 4.43. The second kappa shape index (κ2) is 10.6. The number of rotatable bonds is 5. The molecule has 0 aromatic carbocycles. The molecule has 1 atom stereocenters. The predicted octanol–water partition coefficient (Wildman–Crippen LogP) is 3.67. The standard InChI is InChI=1S/C19H26N4OS.C2HF3O2/c1-24-18-16(4-2-7-21-18)12-23-10-6-19(15-23)5-3-9-22(14-19)13-17-20-8-11-25-17;3-2(4,5)1(6)7/h2,4,7-8,11H,3,5-6,9-10,12-15H2,1H3;(H,6,7). The number of carboxylic acids is 1. The minimum Gasteiger partial charge on any atom is -0.481 e. The molecule has 0 amide bonds. The van der Waals surface area contributed by atoms with Crippen molar-refractivity contribution in [2.24, 2.45) is 5.41 Å². The Labute approximate surface area is 188 Å². The molecule has 7 nitrogen and oxygen atoms in total. The topological polar surface area (TPSA) is 78.8 Å². The average Bonchev–Trinajstić information content (AvgIpc) is 3.39. The van der Waals surface area contributed by atoms with Crippen LogP contribution in [0, 0.1) is 5.41 Å². The highest BCUT2D eigenvalue weighted by Gasteiger charge is 2.41. The normalized spacial score (nSPS) is 21.9. The number of hydrogen-bond acceptors (Lipinski definition) is 7. The molecule has 0 bridgehead atoms. The fourth-order valence-corrected chi connectivity index (χ4v) is 5.09. The summed E-state index contributed by atoms with van der Waals surface area (Å²) in [6.07, 6.45) is 2.57. The van der Waals surface area contributed by atoms with Crippen LogP contribution >= 0.6 is 11.3 Å². The summed E-state index contributed by atoms with van der Waals surface area (Å²) in [6, 6.07) is 4.13. The number of likely N-dealkylation sites (tertiary alicyclic amines) is 2. The van der Waals surface area contributed by atoms with Gasteiger partial charge >= 0.3 is 12.1 Å². The van der Waals surface area contributed by atoms with E-state index < -0.39 is 12.1 Å². The van der Waals surface area contributed by atoms with E-state index in [1.165, 1.54) is 56.0 Å². The molecule has 4 heterocycles. The van der Waals surface area contributed by atoms with Gasteiger partial charge in [0, 0.05) is 43.0 Å². The maximum atomic E-state index is 10.6. The number of carbonyl (C=O) groups is 1. The van der Waals surface area contributed by atoms with Crippen molar-refractivity contribution in [3.8, 4) is 5.88 Å². The number of carboxylic acid groups (broad SMARTS) is 1. The Morgan fingerprint density at radius 2 is 1.91 bits per heavy atom. The van der Waals surface area contributed by atoms with E-state index in [4.69, 9.17) is 14.6 Å². The summed E-state index contributed by atoms with van der Waals surface area (Å²) in [5.41, 5.74) is 1.64. The van der Waals surface area contributed by atoms with Crippen LogP contribution in [-0.4, -0.2) is 70.3 Å². The van der Waals surface area contributed by atoms with Gasteiger partial charge in [-0.2, -0.15) is 13.2 Å². The summed E-state index contributed by atoms with van der Waals surface area (Å²) < 4.78 is 37.2. The van der Waals surface area contributed by atoms with Gasteiger partial charge in [0.2, 0.25) is 5.88 Å². The van der Waals surface area contributed by atoms with Crippen molar-refractivity contribution in [3.63, 3.8) is 0 Å². The first kappa shape index (κ1) is 24.4. The zero-order chi connectivity index (χ0) is 23.2.